The Bertz CT molecular complexity index is 703. The molecule has 0 spiro atoms. The lowest BCUT2D eigenvalue weighted by molar-refractivity contribution is -0.119. The van der Waals surface area contributed by atoms with Crippen molar-refractivity contribution in [1.29, 1.82) is 0 Å². The molecule has 120 valence electrons. The van der Waals surface area contributed by atoms with Crippen molar-refractivity contribution in [2.24, 2.45) is 5.10 Å². The van der Waals surface area contributed by atoms with Crippen LogP contribution in [0.3, 0.4) is 0 Å². The lowest BCUT2D eigenvalue weighted by atomic mass is 10.2. The maximum Gasteiger partial charge on any atom is 0.259 e. The van der Waals surface area contributed by atoms with Gasteiger partial charge in [0.05, 0.1) is 19.9 Å². The van der Waals surface area contributed by atoms with Gasteiger partial charge in [-0.15, -0.1) is 0 Å². The van der Waals surface area contributed by atoms with Crippen LogP contribution in [0.5, 0.6) is 5.75 Å². The molecule has 0 unspecified atom stereocenters. The van der Waals surface area contributed by atoms with Gasteiger partial charge in [0.1, 0.15) is 17.4 Å². The topological polar surface area (TPSA) is 62.7 Å². The second kappa shape index (κ2) is 7.88. The highest BCUT2D eigenvalue weighted by Crippen LogP contribution is 2.14. The molecule has 0 saturated heterocycles. The van der Waals surface area contributed by atoms with Crippen molar-refractivity contribution in [1.82, 2.24) is 5.43 Å². The van der Waals surface area contributed by atoms with Gasteiger partial charge in [0.15, 0.2) is 0 Å². The highest BCUT2D eigenvalue weighted by molar-refractivity contribution is 5.84. The second-order valence-electron chi connectivity index (χ2n) is 4.54. The van der Waals surface area contributed by atoms with E-state index in [1.165, 1.54) is 6.07 Å². The van der Waals surface area contributed by atoms with E-state index in [4.69, 9.17) is 4.74 Å². The predicted molar refractivity (Wildman–Crippen MR) is 83.6 cm³/mol. The van der Waals surface area contributed by atoms with Gasteiger partial charge in [0, 0.05) is 17.3 Å². The first-order valence-electron chi connectivity index (χ1n) is 6.73. The maximum atomic E-state index is 13.3. The summed E-state index contributed by atoms with van der Waals surface area (Å²) < 4.78 is 31.1. The zero-order valence-electron chi connectivity index (χ0n) is 12.3. The fourth-order valence-corrected chi connectivity index (χ4v) is 1.71. The molecule has 1 amide bonds. The minimum absolute atomic E-state index is 0.00440. The first-order chi connectivity index (χ1) is 11.1. The zero-order valence-corrected chi connectivity index (χ0v) is 12.3. The van der Waals surface area contributed by atoms with Crippen molar-refractivity contribution in [2.45, 2.75) is 0 Å². The number of amides is 1. The van der Waals surface area contributed by atoms with Gasteiger partial charge in [-0.05, 0) is 36.4 Å². The van der Waals surface area contributed by atoms with Crippen molar-refractivity contribution in [3.63, 3.8) is 0 Å². The number of halogens is 2. The van der Waals surface area contributed by atoms with Gasteiger partial charge in [-0.1, -0.05) is 0 Å². The molecule has 23 heavy (non-hydrogen) atoms. The van der Waals surface area contributed by atoms with Gasteiger partial charge in [-0.3, -0.25) is 4.79 Å². The van der Waals surface area contributed by atoms with E-state index >= 15 is 0 Å². The standard InChI is InChI=1S/C16H15F2N3O2/c1-23-14-6-4-13(5-7-14)19-10-16(22)21-20-9-11-2-3-12(17)8-15(11)18/h2-9,19H,10H2,1H3,(H,21,22)/b20-9-. The Balaban J connectivity index is 1.81. The SMILES string of the molecule is COc1ccc(NCC(=O)N/N=C\c2ccc(F)cc2F)cc1. The largest absolute Gasteiger partial charge is 0.497 e. The van der Waals surface area contributed by atoms with E-state index in [1.54, 1.807) is 31.4 Å². The predicted octanol–water partition coefficient (Wildman–Crippen LogP) is 2.54. The Labute approximate surface area is 132 Å². The molecule has 0 bridgehead atoms. The summed E-state index contributed by atoms with van der Waals surface area (Å²) in [6.07, 6.45) is 1.11. The number of rotatable bonds is 6. The Hall–Kier alpha value is -2.96. The molecule has 0 aliphatic rings. The minimum atomic E-state index is -0.751. The van der Waals surface area contributed by atoms with Crippen molar-refractivity contribution >= 4 is 17.8 Å². The lowest BCUT2D eigenvalue weighted by Crippen LogP contribution is -2.25. The van der Waals surface area contributed by atoms with Crippen LogP contribution in [0.4, 0.5) is 14.5 Å². The monoisotopic (exact) mass is 319 g/mol. The molecule has 0 aliphatic heterocycles. The van der Waals surface area contributed by atoms with Crippen LogP contribution in [0.1, 0.15) is 5.56 Å². The fraction of sp³-hybridized carbons (Fsp3) is 0.125. The Morgan fingerprint density at radius 2 is 1.96 bits per heavy atom. The first kappa shape index (κ1) is 16.4. The Kier molecular flexibility index (Phi) is 5.62. The Morgan fingerprint density at radius 3 is 2.61 bits per heavy atom. The minimum Gasteiger partial charge on any atom is -0.497 e. The van der Waals surface area contributed by atoms with E-state index in [9.17, 15) is 13.6 Å². The number of hydrazone groups is 1. The number of carbonyl (C=O) groups excluding carboxylic acids is 1. The molecular formula is C16H15F2N3O2. The molecule has 2 aromatic carbocycles. The van der Waals surface area contributed by atoms with Gasteiger partial charge in [-0.25, -0.2) is 14.2 Å². The first-order valence-corrected chi connectivity index (χ1v) is 6.73. The summed E-state index contributed by atoms with van der Waals surface area (Å²) in [5, 5.41) is 6.52. The normalized spacial score (nSPS) is 10.6. The number of carbonyl (C=O) groups is 1. The van der Waals surface area contributed by atoms with E-state index in [1.807, 2.05) is 0 Å². The molecule has 0 aromatic heterocycles. The van der Waals surface area contributed by atoms with Crippen LogP contribution in [0.15, 0.2) is 47.6 Å². The van der Waals surface area contributed by atoms with Gasteiger partial charge in [0.25, 0.3) is 5.91 Å². The number of nitrogens with zero attached hydrogens (tertiary/aromatic N) is 1. The molecule has 0 radical (unpaired) electrons. The third-order valence-electron chi connectivity index (χ3n) is 2.90. The van der Waals surface area contributed by atoms with Crippen LogP contribution >= 0.6 is 0 Å². The molecule has 2 aromatic rings. The van der Waals surface area contributed by atoms with Crippen LogP contribution in [0.2, 0.25) is 0 Å². The van der Waals surface area contributed by atoms with Crippen LogP contribution in [0.25, 0.3) is 0 Å². The molecular weight excluding hydrogens is 304 g/mol. The van der Waals surface area contributed by atoms with E-state index in [2.05, 4.69) is 15.8 Å². The van der Waals surface area contributed by atoms with Crippen molar-refractivity contribution < 1.29 is 18.3 Å². The molecule has 7 heteroatoms. The quantitative estimate of drug-likeness (QED) is 0.635. The number of benzene rings is 2. The summed E-state index contributed by atoms with van der Waals surface area (Å²) >= 11 is 0. The number of hydrogen-bond acceptors (Lipinski definition) is 4. The van der Waals surface area contributed by atoms with Crippen LogP contribution in [-0.4, -0.2) is 25.8 Å². The van der Waals surface area contributed by atoms with Crippen LogP contribution in [0, 0.1) is 11.6 Å². The van der Waals surface area contributed by atoms with Gasteiger partial charge < -0.3 is 10.1 Å². The molecule has 0 atom stereocenters. The Morgan fingerprint density at radius 1 is 1.22 bits per heavy atom. The fourth-order valence-electron chi connectivity index (χ4n) is 1.71. The highest BCUT2D eigenvalue weighted by Gasteiger charge is 2.02. The molecule has 5 nitrogen and oxygen atoms in total. The summed E-state index contributed by atoms with van der Waals surface area (Å²) in [4.78, 5) is 11.6. The summed E-state index contributed by atoms with van der Waals surface area (Å²) in [6.45, 7) is -0.00440. The zero-order chi connectivity index (χ0) is 16.7. The summed E-state index contributed by atoms with van der Waals surface area (Å²) in [7, 11) is 1.57. The van der Waals surface area contributed by atoms with E-state index in [0.29, 0.717) is 5.75 Å². The van der Waals surface area contributed by atoms with Crippen molar-refractivity contribution in [2.75, 3.05) is 19.0 Å². The summed E-state index contributed by atoms with van der Waals surface area (Å²) in [6, 6.07) is 10.1. The summed E-state index contributed by atoms with van der Waals surface area (Å²) in [5.41, 5.74) is 3.07. The van der Waals surface area contributed by atoms with Crippen molar-refractivity contribution in [3.05, 3.63) is 59.7 Å². The van der Waals surface area contributed by atoms with Crippen LogP contribution in [-0.2, 0) is 4.79 Å². The van der Waals surface area contributed by atoms with Gasteiger partial charge in [-0.2, -0.15) is 5.10 Å². The van der Waals surface area contributed by atoms with E-state index < -0.39 is 17.5 Å². The third-order valence-corrected chi connectivity index (χ3v) is 2.90. The second-order valence-corrected chi connectivity index (χ2v) is 4.54. The highest BCUT2D eigenvalue weighted by atomic mass is 19.1. The lowest BCUT2D eigenvalue weighted by Gasteiger charge is -2.06. The van der Waals surface area contributed by atoms with Gasteiger partial charge in [0.2, 0.25) is 0 Å². The molecule has 2 rings (SSSR count). The van der Waals surface area contributed by atoms with Crippen LogP contribution < -0.4 is 15.5 Å². The van der Waals surface area contributed by atoms with E-state index in [0.717, 1.165) is 24.0 Å². The average molecular weight is 319 g/mol. The summed E-state index contributed by atoms with van der Waals surface area (Å²) in [5.74, 6) is -1.11. The molecule has 0 saturated carbocycles. The average Bonchev–Trinajstić information content (AvgIpc) is 2.55. The molecule has 0 fully saturated rings. The smallest absolute Gasteiger partial charge is 0.259 e. The number of hydrogen-bond donors (Lipinski definition) is 2. The maximum absolute atomic E-state index is 13.3. The van der Waals surface area contributed by atoms with E-state index in [-0.39, 0.29) is 12.1 Å². The number of nitrogens with one attached hydrogen (secondary N) is 2. The van der Waals surface area contributed by atoms with Crippen molar-refractivity contribution in [3.8, 4) is 5.75 Å². The molecule has 0 aliphatic carbocycles. The number of methoxy groups -OCH3 is 1. The number of anilines is 1. The number of ether oxygens (including phenoxy) is 1. The molecule has 2 N–H and O–H groups in total. The van der Waals surface area contributed by atoms with Gasteiger partial charge >= 0.3 is 0 Å². The third kappa shape index (κ3) is 5.06. The molecule has 0 heterocycles.